The molecule has 0 aliphatic carbocycles. The smallest absolute Gasteiger partial charge is 0.325 e. The molecule has 0 saturated carbocycles. The molecule has 0 atom stereocenters. The molecule has 0 fully saturated rings. The Balaban J connectivity index is 4.13. The van der Waals surface area contributed by atoms with Crippen molar-refractivity contribution in [2.75, 3.05) is 20.2 Å². The second kappa shape index (κ2) is 6.89. The van der Waals surface area contributed by atoms with Gasteiger partial charge in [0.25, 0.3) is 0 Å². The zero-order valence-corrected chi connectivity index (χ0v) is 11.7. The third-order valence-corrected chi connectivity index (χ3v) is 3.00. The maximum absolute atomic E-state index is 11.7. The first-order valence-electron chi connectivity index (χ1n) is 6.20. The Hall–Kier alpha value is -0.570. The summed E-state index contributed by atoms with van der Waals surface area (Å²) in [6, 6.07) is 0. The first-order chi connectivity index (χ1) is 7.32. The van der Waals surface area contributed by atoms with Crippen molar-refractivity contribution in [3.8, 4) is 0 Å². The lowest BCUT2D eigenvalue weighted by atomic mass is 10.0. The number of likely N-dealkylation sites (N-methyl/N-ethyl adjacent to an activating group) is 1. The summed E-state index contributed by atoms with van der Waals surface area (Å²) in [5, 5.41) is 0. The van der Waals surface area contributed by atoms with Gasteiger partial charge in [-0.2, -0.15) is 0 Å². The number of carbonyl (C=O) groups is 1. The van der Waals surface area contributed by atoms with E-state index in [9.17, 15) is 4.79 Å². The number of esters is 1. The van der Waals surface area contributed by atoms with Gasteiger partial charge in [-0.25, -0.2) is 0 Å². The standard InChI is InChI=1S/C13H27NO2/c1-7-16-12(15)13(4,5)14(6)10-8-9-11(2)3/h11H,7-10H2,1-6H3. The number of rotatable bonds is 7. The van der Waals surface area contributed by atoms with Gasteiger partial charge in [0.2, 0.25) is 0 Å². The summed E-state index contributed by atoms with van der Waals surface area (Å²) in [6.45, 7) is 11.5. The monoisotopic (exact) mass is 229 g/mol. The molecule has 0 amide bonds. The fourth-order valence-electron chi connectivity index (χ4n) is 1.48. The summed E-state index contributed by atoms with van der Waals surface area (Å²) < 4.78 is 5.07. The van der Waals surface area contributed by atoms with Gasteiger partial charge >= 0.3 is 5.97 Å². The Morgan fingerprint density at radius 3 is 2.38 bits per heavy atom. The fourth-order valence-corrected chi connectivity index (χ4v) is 1.48. The predicted molar refractivity (Wildman–Crippen MR) is 67.4 cm³/mol. The highest BCUT2D eigenvalue weighted by atomic mass is 16.5. The minimum atomic E-state index is -0.521. The van der Waals surface area contributed by atoms with Crippen molar-refractivity contribution in [2.45, 2.75) is 53.0 Å². The topological polar surface area (TPSA) is 29.5 Å². The van der Waals surface area contributed by atoms with E-state index < -0.39 is 5.54 Å². The van der Waals surface area contributed by atoms with Crippen LogP contribution in [0.25, 0.3) is 0 Å². The molecule has 3 nitrogen and oxygen atoms in total. The van der Waals surface area contributed by atoms with Gasteiger partial charge in [-0.3, -0.25) is 9.69 Å². The number of nitrogens with zero attached hydrogens (tertiary/aromatic N) is 1. The van der Waals surface area contributed by atoms with Crippen LogP contribution in [0.2, 0.25) is 0 Å². The van der Waals surface area contributed by atoms with E-state index in [1.54, 1.807) is 0 Å². The Morgan fingerprint density at radius 2 is 1.94 bits per heavy atom. The third kappa shape index (κ3) is 4.97. The van der Waals surface area contributed by atoms with Crippen LogP contribution in [0, 0.1) is 5.92 Å². The summed E-state index contributed by atoms with van der Waals surface area (Å²) in [5.74, 6) is 0.584. The molecule has 0 aromatic heterocycles. The lowest BCUT2D eigenvalue weighted by Gasteiger charge is -2.33. The molecule has 0 radical (unpaired) electrons. The van der Waals surface area contributed by atoms with Crippen molar-refractivity contribution >= 4 is 5.97 Å². The van der Waals surface area contributed by atoms with E-state index in [1.165, 1.54) is 6.42 Å². The van der Waals surface area contributed by atoms with Crippen molar-refractivity contribution < 1.29 is 9.53 Å². The molecule has 3 heteroatoms. The zero-order valence-electron chi connectivity index (χ0n) is 11.7. The van der Waals surface area contributed by atoms with E-state index >= 15 is 0 Å². The van der Waals surface area contributed by atoms with E-state index in [2.05, 4.69) is 18.7 Å². The maximum atomic E-state index is 11.7. The molecule has 0 saturated heterocycles. The Labute approximate surface area is 100 Å². The van der Waals surface area contributed by atoms with Gasteiger partial charge in [0.15, 0.2) is 0 Å². The molecular formula is C13H27NO2. The van der Waals surface area contributed by atoms with Crippen LogP contribution >= 0.6 is 0 Å². The molecule has 0 heterocycles. The van der Waals surface area contributed by atoms with E-state index in [1.807, 2.05) is 27.8 Å². The average Bonchev–Trinajstić information content (AvgIpc) is 2.17. The predicted octanol–water partition coefficient (Wildman–Crippen LogP) is 2.70. The molecule has 0 aliphatic heterocycles. The SMILES string of the molecule is CCOC(=O)C(C)(C)N(C)CCCC(C)C. The highest BCUT2D eigenvalue weighted by molar-refractivity contribution is 5.79. The van der Waals surface area contributed by atoms with Crippen LogP contribution in [0.15, 0.2) is 0 Å². The Kier molecular flexibility index (Phi) is 6.65. The fraction of sp³-hybridized carbons (Fsp3) is 0.923. The molecule has 0 bridgehead atoms. The van der Waals surface area contributed by atoms with E-state index in [-0.39, 0.29) is 5.97 Å². The van der Waals surface area contributed by atoms with Crippen molar-refractivity contribution in [3.05, 3.63) is 0 Å². The zero-order chi connectivity index (χ0) is 12.8. The molecule has 0 N–H and O–H groups in total. The molecule has 0 rings (SSSR count). The third-order valence-electron chi connectivity index (χ3n) is 3.00. The number of hydrogen-bond acceptors (Lipinski definition) is 3. The minimum absolute atomic E-state index is 0.137. The highest BCUT2D eigenvalue weighted by Crippen LogP contribution is 2.16. The maximum Gasteiger partial charge on any atom is 0.325 e. The van der Waals surface area contributed by atoms with Gasteiger partial charge in [0, 0.05) is 0 Å². The summed E-state index contributed by atoms with van der Waals surface area (Å²) in [6.07, 6.45) is 2.32. The van der Waals surface area contributed by atoms with Crippen LogP contribution in [-0.4, -0.2) is 36.6 Å². The van der Waals surface area contributed by atoms with Crippen LogP contribution in [0.3, 0.4) is 0 Å². The quantitative estimate of drug-likeness (QED) is 0.629. The molecule has 16 heavy (non-hydrogen) atoms. The number of carbonyl (C=O) groups excluding carboxylic acids is 1. The lowest BCUT2D eigenvalue weighted by Crippen LogP contribution is -2.49. The minimum Gasteiger partial charge on any atom is -0.465 e. The number of hydrogen-bond donors (Lipinski definition) is 0. The van der Waals surface area contributed by atoms with Crippen molar-refractivity contribution in [1.29, 1.82) is 0 Å². The molecule has 96 valence electrons. The van der Waals surface area contributed by atoms with Gasteiger partial charge in [-0.15, -0.1) is 0 Å². The molecular weight excluding hydrogens is 202 g/mol. The number of ether oxygens (including phenoxy) is 1. The lowest BCUT2D eigenvalue weighted by molar-refractivity contribution is -0.155. The Morgan fingerprint density at radius 1 is 1.38 bits per heavy atom. The first-order valence-corrected chi connectivity index (χ1v) is 6.20. The normalized spacial score (nSPS) is 12.2. The van der Waals surface area contributed by atoms with Gasteiger partial charge in [0.1, 0.15) is 5.54 Å². The van der Waals surface area contributed by atoms with Gasteiger partial charge in [-0.05, 0) is 53.1 Å². The second-order valence-corrected chi connectivity index (χ2v) is 5.24. The van der Waals surface area contributed by atoms with Crippen molar-refractivity contribution in [2.24, 2.45) is 5.92 Å². The van der Waals surface area contributed by atoms with Crippen LogP contribution in [0.1, 0.15) is 47.5 Å². The summed E-state index contributed by atoms with van der Waals surface area (Å²) >= 11 is 0. The molecule has 0 aromatic rings. The van der Waals surface area contributed by atoms with Crippen molar-refractivity contribution in [1.82, 2.24) is 4.90 Å². The van der Waals surface area contributed by atoms with Crippen LogP contribution in [0.5, 0.6) is 0 Å². The first kappa shape index (κ1) is 15.4. The largest absolute Gasteiger partial charge is 0.465 e. The van der Waals surface area contributed by atoms with Gasteiger partial charge in [-0.1, -0.05) is 13.8 Å². The molecule has 0 spiro atoms. The van der Waals surface area contributed by atoms with Crippen LogP contribution in [-0.2, 0) is 9.53 Å². The summed E-state index contributed by atoms with van der Waals surface area (Å²) in [4.78, 5) is 13.8. The molecule has 0 aliphatic rings. The van der Waals surface area contributed by atoms with Gasteiger partial charge < -0.3 is 4.74 Å². The average molecular weight is 229 g/mol. The molecule has 0 unspecified atom stereocenters. The van der Waals surface area contributed by atoms with Crippen LogP contribution < -0.4 is 0 Å². The molecule has 0 aromatic carbocycles. The summed E-state index contributed by atoms with van der Waals surface area (Å²) in [7, 11) is 1.98. The van der Waals surface area contributed by atoms with E-state index in [0.717, 1.165) is 18.9 Å². The summed E-state index contributed by atoms with van der Waals surface area (Å²) in [5.41, 5.74) is -0.521. The van der Waals surface area contributed by atoms with Gasteiger partial charge in [0.05, 0.1) is 6.61 Å². The highest BCUT2D eigenvalue weighted by Gasteiger charge is 2.33. The Bertz CT molecular complexity index is 212. The van der Waals surface area contributed by atoms with E-state index in [4.69, 9.17) is 4.74 Å². The second-order valence-electron chi connectivity index (χ2n) is 5.24. The van der Waals surface area contributed by atoms with Crippen molar-refractivity contribution in [3.63, 3.8) is 0 Å². The van der Waals surface area contributed by atoms with Crippen LogP contribution in [0.4, 0.5) is 0 Å². The van der Waals surface area contributed by atoms with E-state index in [0.29, 0.717) is 6.61 Å².